The summed E-state index contributed by atoms with van der Waals surface area (Å²) in [5.74, 6) is -0.728. The number of alkyl halides is 2. The van der Waals surface area contributed by atoms with Crippen molar-refractivity contribution < 1.29 is 32.6 Å². The van der Waals surface area contributed by atoms with Crippen LogP contribution in [0.1, 0.15) is 42.4 Å². The van der Waals surface area contributed by atoms with Gasteiger partial charge in [-0.3, -0.25) is 14.5 Å². The van der Waals surface area contributed by atoms with Gasteiger partial charge in [0.15, 0.2) is 11.5 Å². The summed E-state index contributed by atoms with van der Waals surface area (Å²) in [6, 6.07) is 11.5. The normalized spacial score (nSPS) is 20.9. The highest BCUT2D eigenvalue weighted by atomic mass is 19.3. The van der Waals surface area contributed by atoms with Gasteiger partial charge in [0.25, 0.3) is 5.91 Å². The molecule has 1 N–H and O–H groups in total. The number of amides is 4. The molecule has 1 spiro atoms. The molecule has 0 bridgehead atoms. The van der Waals surface area contributed by atoms with Gasteiger partial charge in [-0.25, -0.2) is 4.79 Å². The van der Waals surface area contributed by atoms with Crippen LogP contribution in [0.3, 0.4) is 0 Å². The predicted molar refractivity (Wildman–Crippen MR) is 125 cm³/mol. The lowest BCUT2D eigenvalue weighted by Gasteiger charge is -2.33. The van der Waals surface area contributed by atoms with Gasteiger partial charge >= 0.3 is 12.6 Å². The van der Waals surface area contributed by atoms with Gasteiger partial charge in [-0.05, 0) is 60.9 Å². The highest BCUT2D eigenvalue weighted by Gasteiger charge is 2.54. The number of carbonyl (C=O) groups excluding carboxylic acids is 3. The fourth-order valence-corrected chi connectivity index (χ4v) is 5.19. The number of aryl methyl sites for hydroxylation is 1. The molecule has 1 saturated heterocycles. The Morgan fingerprint density at radius 3 is 2.69 bits per heavy atom. The smallest absolute Gasteiger partial charge is 0.387 e. The van der Waals surface area contributed by atoms with Crippen LogP contribution in [0, 0.1) is 0 Å². The molecule has 190 valence electrons. The van der Waals surface area contributed by atoms with Crippen molar-refractivity contribution in [2.24, 2.45) is 0 Å². The van der Waals surface area contributed by atoms with E-state index in [9.17, 15) is 23.2 Å². The lowest BCUT2D eigenvalue weighted by Crippen LogP contribution is -2.47. The van der Waals surface area contributed by atoms with Crippen LogP contribution < -0.4 is 14.8 Å². The first-order valence-electron chi connectivity index (χ1n) is 12.0. The number of benzene rings is 2. The van der Waals surface area contributed by atoms with Gasteiger partial charge in [0.1, 0.15) is 12.1 Å². The molecule has 8 nitrogen and oxygen atoms in total. The summed E-state index contributed by atoms with van der Waals surface area (Å²) < 4.78 is 34.9. The van der Waals surface area contributed by atoms with Crippen LogP contribution in [-0.4, -0.2) is 54.0 Å². The van der Waals surface area contributed by atoms with Crippen molar-refractivity contribution in [1.29, 1.82) is 0 Å². The molecule has 1 unspecified atom stereocenters. The molecular weight excluding hydrogens is 472 g/mol. The minimum absolute atomic E-state index is 0.00869. The second kappa shape index (κ2) is 9.40. The second-order valence-electron chi connectivity index (χ2n) is 9.35. The van der Waals surface area contributed by atoms with Gasteiger partial charge in [0, 0.05) is 12.6 Å². The quantitative estimate of drug-likeness (QED) is 0.561. The highest BCUT2D eigenvalue weighted by molar-refractivity contribution is 6.09. The first kappa shape index (κ1) is 24.0. The summed E-state index contributed by atoms with van der Waals surface area (Å²) in [7, 11) is 1.35. The average Bonchev–Trinajstić information content (AvgIpc) is 3.67. The van der Waals surface area contributed by atoms with Crippen molar-refractivity contribution in [3.05, 3.63) is 59.2 Å². The van der Waals surface area contributed by atoms with E-state index < -0.39 is 24.1 Å². The molecule has 0 aromatic heterocycles. The Hall–Kier alpha value is -3.69. The topological polar surface area (TPSA) is 88.2 Å². The van der Waals surface area contributed by atoms with E-state index in [1.165, 1.54) is 13.2 Å². The van der Waals surface area contributed by atoms with Crippen molar-refractivity contribution in [2.75, 3.05) is 13.7 Å². The van der Waals surface area contributed by atoms with Gasteiger partial charge in [-0.1, -0.05) is 30.3 Å². The van der Waals surface area contributed by atoms with Crippen LogP contribution in [0.5, 0.6) is 11.5 Å². The first-order chi connectivity index (χ1) is 17.3. The van der Waals surface area contributed by atoms with E-state index in [0.717, 1.165) is 41.7 Å². The third-order valence-electron chi connectivity index (χ3n) is 7.05. The van der Waals surface area contributed by atoms with E-state index >= 15 is 0 Å². The number of urea groups is 1. The molecule has 2 aromatic rings. The van der Waals surface area contributed by atoms with E-state index in [4.69, 9.17) is 4.74 Å². The maximum atomic E-state index is 13.5. The molecule has 4 amide bonds. The van der Waals surface area contributed by atoms with Gasteiger partial charge in [0.2, 0.25) is 5.91 Å². The number of imide groups is 1. The zero-order valence-electron chi connectivity index (χ0n) is 19.8. The lowest BCUT2D eigenvalue weighted by molar-refractivity contribution is -0.140. The van der Waals surface area contributed by atoms with Crippen LogP contribution in [-0.2, 0) is 28.1 Å². The molecule has 1 aliphatic heterocycles. The largest absolute Gasteiger partial charge is 0.493 e. The van der Waals surface area contributed by atoms with E-state index in [1.54, 1.807) is 17.0 Å². The van der Waals surface area contributed by atoms with Crippen molar-refractivity contribution in [3.63, 3.8) is 0 Å². The minimum Gasteiger partial charge on any atom is -0.493 e. The number of ether oxygens (including phenoxy) is 2. The Morgan fingerprint density at radius 1 is 1.19 bits per heavy atom. The second-order valence-corrected chi connectivity index (χ2v) is 9.35. The van der Waals surface area contributed by atoms with Crippen LogP contribution in [0.25, 0.3) is 0 Å². The molecule has 10 heteroatoms. The number of nitrogens with one attached hydrogen (secondary N) is 1. The maximum absolute atomic E-state index is 13.5. The van der Waals surface area contributed by atoms with Crippen molar-refractivity contribution >= 4 is 17.8 Å². The average molecular weight is 500 g/mol. The molecule has 1 atom stereocenters. The van der Waals surface area contributed by atoms with Crippen molar-refractivity contribution in [1.82, 2.24) is 15.1 Å². The molecule has 1 heterocycles. The minimum atomic E-state index is -2.99. The number of nitrogens with zero attached hydrogens (tertiary/aromatic N) is 2. The fourth-order valence-electron chi connectivity index (χ4n) is 5.19. The zero-order valence-corrected chi connectivity index (χ0v) is 19.8. The van der Waals surface area contributed by atoms with E-state index in [0.29, 0.717) is 12.0 Å². The number of halogens is 2. The third kappa shape index (κ3) is 4.36. The van der Waals surface area contributed by atoms with Gasteiger partial charge < -0.3 is 19.7 Å². The highest BCUT2D eigenvalue weighted by Crippen LogP contribution is 2.40. The maximum Gasteiger partial charge on any atom is 0.387 e. The Bertz CT molecular complexity index is 1200. The molecule has 2 aliphatic carbocycles. The Kier molecular flexibility index (Phi) is 6.27. The number of hydrogen-bond donors (Lipinski definition) is 1. The summed E-state index contributed by atoms with van der Waals surface area (Å²) in [6.45, 7) is -3.17. The summed E-state index contributed by atoms with van der Waals surface area (Å²) >= 11 is 0. The molecule has 3 aliphatic rings. The number of rotatable bonds is 8. The Morgan fingerprint density at radius 2 is 1.97 bits per heavy atom. The van der Waals surface area contributed by atoms with Crippen LogP contribution in [0.4, 0.5) is 13.6 Å². The van der Waals surface area contributed by atoms with Gasteiger partial charge in [0.05, 0.1) is 7.11 Å². The molecule has 5 rings (SSSR count). The molecular formula is C26H27F2N3O5. The summed E-state index contributed by atoms with van der Waals surface area (Å²) in [5.41, 5.74) is 1.34. The standard InChI is InChI=1S/C26H27F2N3O5/c1-35-21-13-16(8-11-20(21)36-24(27)28)14-30(18-9-10-18)22(32)15-31-23(33)26(29-25(31)34)12-4-6-17-5-2-3-7-19(17)26/h2-3,5,7-8,11,13,18,24H,4,6,9-10,12,14-15H2,1H3,(H,29,34). The third-order valence-corrected chi connectivity index (χ3v) is 7.05. The van der Waals surface area contributed by atoms with Crippen LogP contribution in [0.2, 0.25) is 0 Å². The Balaban J connectivity index is 1.33. The van der Waals surface area contributed by atoms with E-state index in [1.807, 2.05) is 24.3 Å². The van der Waals surface area contributed by atoms with Crippen molar-refractivity contribution in [2.45, 2.75) is 56.8 Å². The number of hydrogen-bond acceptors (Lipinski definition) is 5. The molecule has 1 saturated carbocycles. The van der Waals surface area contributed by atoms with Gasteiger partial charge in [-0.2, -0.15) is 8.78 Å². The van der Waals surface area contributed by atoms with Crippen LogP contribution in [0.15, 0.2) is 42.5 Å². The molecule has 36 heavy (non-hydrogen) atoms. The summed E-state index contributed by atoms with van der Waals surface area (Å²) in [6.07, 6.45) is 3.70. The predicted octanol–water partition coefficient (Wildman–Crippen LogP) is 3.57. The molecule has 0 radical (unpaired) electrons. The summed E-state index contributed by atoms with van der Waals surface area (Å²) in [5, 5.41) is 2.88. The first-order valence-corrected chi connectivity index (χ1v) is 12.0. The van der Waals surface area contributed by atoms with Gasteiger partial charge in [-0.15, -0.1) is 0 Å². The molecule has 2 aromatic carbocycles. The lowest BCUT2D eigenvalue weighted by atomic mass is 9.76. The van der Waals surface area contributed by atoms with E-state index in [-0.39, 0.29) is 36.5 Å². The monoisotopic (exact) mass is 499 g/mol. The zero-order chi connectivity index (χ0) is 25.4. The Labute approximate surface area is 207 Å². The number of fused-ring (bicyclic) bond motifs is 2. The van der Waals surface area contributed by atoms with Crippen LogP contribution >= 0.6 is 0 Å². The molecule has 2 fully saturated rings. The summed E-state index contributed by atoms with van der Waals surface area (Å²) in [4.78, 5) is 42.5. The fraction of sp³-hybridized carbons (Fsp3) is 0.423. The van der Waals surface area contributed by atoms with Crippen molar-refractivity contribution in [3.8, 4) is 11.5 Å². The SMILES string of the molecule is COc1cc(CN(C(=O)CN2C(=O)NC3(CCCc4ccccc43)C2=O)C2CC2)ccc1OC(F)F. The van der Waals surface area contributed by atoms with E-state index in [2.05, 4.69) is 10.1 Å². The number of carbonyl (C=O) groups is 3. The number of methoxy groups -OCH3 is 1.